The molecule has 0 spiro atoms. The molecule has 1 fully saturated rings. The van der Waals surface area contributed by atoms with Crippen LogP contribution in [0.2, 0.25) is 0 Å². The summed E-state index contributed by atoms with van der Waals surface area (Å²) in [5, 5.41) is 3.61. The smallest absolute Gasteiger partial charge is 0.119 e. The molecule has 1 saturated carbocycles. The highest BCUT2D eigenvalue weighted by molar-refractivity contribution is 5.27. The van der Waals surface area contributed by atoms with E-state index in [1.165, 1.54) is 18.4 Å². The monoisotopic (exact) mass is 261 g/mol. The van der Waals surface area contributed by atoms with Crippen molar-refractivity contribution in [3.8, 4) is 5.75 Å². The fourth-order valence-corrected chi connectivity index (χ4v) is 2.53. The second-order valence-electron chi connectivity index (χ2n) is 6.43. The summed E-state index contributed by atoms with van der Waals surface area (Å²) in [4.78, 5) is 0. The van der Waals surface area contributed by atoms with Crippen molar-refractivity contribution in [3.63, 3.8) is 0 Å². The van der Waals surface area contributed by atoms with Gasteiger partial charge in [0.2, 0.25) is 0 Å². The van der Waals surface area contributed by atoms with Crippen LogP contribution in [0, 0.1) is 11.3 Å². The first kappa shape index (κ1) is 14.4. The van der Waals surface area contributed by atoms with Crippen LogP contribution < -0.4 is 10.1 Å². The zero-order valence-electron chi connectivity index (χ0n) is 12.7. The number of benzene rings is 1. The highest BCUT2D eigenvalue weighted by atomic mass is 16.5. The summed E-state index contributed by atoms with van der Waals surface area (Å²) >= 11 is 0. The summed E-state index contributed by atoms with van der Waals surface area (Å²) in [7, 11) is 0. The summed E-state index contributed by atoms with van der Waals surface area (Å²) in [5.74, 6) is 1.75. The van der Waals surface area contributed by atoms with Crippen molar-refractivity contribution in [3.05, 3.63) is 29.8 Å². The van der Waals surface area contributed by atoms with Crippen molar-refractivity contribution >= 4 is 0 Å². The Bertz CT molecular complexity index is 390. The van der Waals surface area contributed by atoms with Gasteiger partial charge in [0, 0.05) is 13.1 Å². The first-order valence-corrected chi connectivity index (χ1v) is 7.48. The molecule has 2 nitrogen and oxygen atoms in total. The third-order valence-electron chi connectivity index (χ3n) is 4.22. The predicted octanol–water partition coefficient (Wildman–Crippen LogP) is 4.00. The molecule has 2 rings (SSSR count). The molecule has 0 aliphatic heterocycles. The fourth-order valence-electron chi connectivity index (χ4n) is 2.53. The molecule has 1 aliphatic carbocycles. The second kappa shape index (κ2) is 5.96. The Hall–Kier alpha value is -1.02. The Morgan fingerprint density at radius 2 is 1.74 bits per heavy atom. The van der Waals surface area contributed by atoms with Crippen molar-refractivity contribution < 1.29 is 4.74 Å². The topological polar surface area (TPSA) is 21.3 Å². The van der Waals surface area contributed by atoms with Crippen molar-refractivity contribution in [2.75, 3.05) is 6.54 Å². The van der Waals surface area contributed by atoms with Crippen LogP contribution in [0.25, 0.3) is 0 Å². The van der Waals surface area contributed by atoms with E-state index in [1.54, 1.807) is 0 Å². The third-order valence-corrected chi connectivity index (χ3v) is 4.22. The van der Waals surface area contributed by atoms with Gasteiger partial charge in [-0.25, -0.2) is 0 Å². The Kier molecular flexibility index (Phi) is 4.51. The molecule has 0 atom stereocenters. The molecule has 0 aromatic heterocycles. The average Bonchev–Trinajstić information content (AvgIpc) is 3.12. The third kappa shape index (κ3) is 3.97. The van der Waals surface area contributed by atoms with Gasteiger partial charge >= 0.3 is 0 Å². The number of rotatable bonds is 7. The van der Waals surface area contributed by atoms with Gasteiger partial charge in [0.25, 0.3) is 0 Å². The fraction of sp³-hybridized carbons (Fsp3) is 0.647. The lowest BCUT2D eigenvalue weighted by molar-refractivity contribution is 0.242. The standard InChI is InChI=1S/C17H27NO/c1-13(2)17(9-10-17)12-18-11-15-5-7-16(8-6-15)19-14(3)4/h5-8,13-14,18H,9-12H2,1-4H3. The molecule has 1 N–H and O–H groups in total. The van der Waals surface area contributed by atoms with Crippen molar-refractivity contribution in [1.82, 2.24) is 5.32 Å². The summed E-state index contributed by atoms with van der Waals surface area (Å²) in [6, 6.07) is 8.43. The molecular formula is C17H27NO. The van der Waals surface area contributed by atoms with Gasteiger partial charge in [-0.1, -0.05) is 26.0 Å². The van der Waals surface area contributed by atoms with Crippen LogP contribution in [0.15, 0.2) is 24.3 Å². The number of hydrogen-bond acceptors (Lipinski definition) is 2. The molecule has 0 heterocycles. The molecule has 106 valence electrons. The van der Waals surface area contributed by atoms with Gasteiger partial charge in [-0.3, -0.25) is 0 Å². The van der Waals surface area contributed by atoms with E-state index in [2.05, 4.69) is 57.3 Å². The van der Waals surface area contributed by atoms with E-state index in [-0.39, 0.29) is 6.10 Å². The lowest BCUT2D eigenvalue weighted by atomic mass is 9.92. The van der Waals surface area contributed by atoms with Crippen LogP contribution in [0.1, 0.15) is 46.1 Å². The zero-order chi connectivity index (χ0) is 13.9. The summed E-state index contributed by atoms with van der Waals surface area (Å²) in [6.07, 6.45) is 3.02. The normalized spacial score (nSPS) is 16.9. The second-order valence-corrected chi connectivity index (χ2v) is 6.43. The minimum Gasteiger partial charge on any atom is -0.491 e. The van der Waals surface area contributed by atoms with E-state index in [1.807, 2.05) is 0 Å². The minimum atomic E-state index is 0.241. The van der Waals surface area contributed by atoms with Crippen LogP contribution in [0.5, 0.6) is 5.75 Å². The van der Waals surface area contributed by atoms with Gasteiger partial charge in [0.1, 0.15) is 5.75 Å². The van der Waals surface area contributed by atoms with E-state index in [9.17, 15) is 0 Å². The molecule has 0 bridgehead atoms. The highest BCUT2D eigenvalue weighted by Gasteiger charge is 2.44. The molecule has 0 unspecified atom stereocenters. The molecule has 1 aromatic rings. The summed E-state index contributed by atoms with van der Waals surface area (Å²) in [6.45, 7) is 10.9. The molecule has 1 aliphatic rings. The highest BCUT2D eigenvalue weighted by Crippen LogP contribution is 2.51. The average molecular weight is 261 g/mol. The van der Waals surface area contributed by atoms with Crippen LogP contribution in [-0.2, 0) is 6.54 Å². The number of ether oxygens (including phenoxy) is 1. The van der Waals surface area contributed by atoms with Gasteiger partial charge < -0.3 is 10.1 Å². The lowest BCUT2D eigenvalue weighted by Gasteiger charge is -2.20. The van der Waals surface area contributed by atoms with E-state index in [0.717, 1.165) is 24.8 Å². The van der Waals surface area contributed by atoms with Crippen molar-refractivity contribution in [1.29, 1.82) is 0 Å². The molecular weight excluding hydrogens is 234 g/mol. The van der Waals surface area contributed by atoms with Crippen LogP contribution in [0.4, 0.5) is 0 Å². The van der Waals surface area contributed by atoms with Gasteiger partial charge in [-0.05, 0) is 55.7 Å². The summed E-state index contributed by atoms with van der Waals surface area (Å²) < 4.78 is 5.65. The SMILES string of the molecule is CC(C)Oc1ccc(CNCC2(C(C)C)CC2)cc1. The van der Waals surface area contributed by atoms with Gasteiger partial charge in [-0.2, -0.15) is 0 Å². The van der Waals surface area contributed by atoms with E-state index in [4.69, 9.17) is 4.74 Å². The first-order valence-electron chi connectivity index (χ1n) is 7.48. The molecule has 2 heteroatoms. The molecule has 0 saturated heterocycles. The Balaban J connectivity index is 1.77. The quantitative estimate of drug-likeness (QED) is 0.801. The minimum absolute atomic E-state index is 0.241. The molecule has 0 amide bonds. The number of nitrogens with one attached hydrogen (secondary N) is 1. The molecule has 19 heavy (non-hydrogen) atoms. The molecule has 1 aromatic carbocycles. The van der Waals surface area contributed by atoms with Gasteiger partial charge in [0.05, 0.1) is 6.10 Å². The van der Waals surface area contributed by atoms with Crippen molar-refractivity contribution in [2.24, 2.45) is 11.3 Å². The van der Waals surface area contributed by atoms with E-state index in [0.29, 0.717) is 5.41 Å². The maximum Gasteiger partial charge on any atom is 0.119 e. The van der Waals surface area contributed by atoms with Gasteiger partial charge in [0.15, 0.2) is 0 Å². The summed E-state index contributed by atoms with van der Waals surface area (Å²) in [5.41, 5.74) is 1.91. The Labute approximate surface area is 117 Å². The van der Waals surface area contributed by atoms with E-state index >= 15 is 0 Å². The van der Waals surface area contributed by atoms with Crippen molar-refractivity contribution in [2.45, 2.75) is 53.2 Å². The van der Waals surface area contributed by atoms with Crippen LogP contribution in [0.3, 0.4) is 0 Å². The predicted molar refractivity (Wildman–Crippen MR) is 80.4 cm³/mol. The van der Waals surface area contributed by atoms with Gasteiger partial charge in [-0.15, -0.1) is 0 Å². The Morgan fingerprint density at radius 3 is 2.21 bits per heavy atom. The Morgan fingerprint density at radius 1 is 1.11 bits per heavy atom. The first-order chi connectivity index (χ1) is 9.02. The zero-order valence-corrected chi connectivity index (χ0v) is 12.7. The van der Waals surface area contributed by atoms with E-state index < -0.39 is 0 Å². The van der Waals surface area contributed by atoms with Crippen LogP contribution in [-0.4, -0.2) is 12.6 Å². The van der Waals surface area contributed by atoms with Crippen LogP contribution >= 0.6 is 0 Å². The molecule has 0 radical (unpaired) electrons. The number of hydrogen-bond donors (Lipinski definition) is 1. The maximum atomic E-state index is 5.65. The maximum absolute atomic E-state index is 5.65. The lowest BCUT2D eigenvalue weighted by Crippen LogP contribution is -2.27. The largest absolute Gasteiger partial charge is 0.491 e.